The van der Waals surface area contributed by atoms with E-state index in [1.807, 2.05) is 27.7 Å². The number of amides is 1. The van der Waals surface area contributed by atoms with Gasteiger partial charge in [0.15, 0.2) is 0 Å². The summed E-state index contributed by atoms with van der Waals surface area (Å²) in [5.41, 5.74) is -0.383. The van der Waals surface area contributed by atoms with Crippen molar-refractivity contribution >= 4 is 16.3 Å². The van der Waals surface area contributed by atoms with Crippen LogP contribution in [0.1, 0.15) is 34.1 Å². The van der Waals surface area contributed by atoms with Crippen LogP contribution in [0.3, 0.4) is 0 Å². The van der Waals surface area contributed by atoms with Gasteiger partial charge in [-0.05, 0) is 34.1 Å². The highest BCUT2D eigenvalue weighted by Gasteiger charge is 2.20. The lowest BCUT2D eigenvalue weighted by Crippen LogP contribution is -2.37. The highest BCUT2D eigenvalue weighted by Crippen LogP contribution is 2.10. The molecular weight excluding hydrogens is 194 g/mol. The molecule has 0 radical (unpaired) electrons. The van der Waals surface area contributed by atoms with Crippen LogP contribution in [-0.4, -0.2) is 39.9 Å². The van der Waals surface area contributed by atoms with Crippen molar-refractivity contribution in [3.05, 3.63) is 0 Å². The molecule has 0 aromatic heterocycles. The van der Waals surface area contributed by atoms with Crippen LogP contribution in [-0.2, 0) is 4.74 Å². The average Bonchev–Trinajstić information content (AvgIpc) is 2.02. The molecule has 1 amide bonds. The van der Waals surface area contributed by atoms with Crippen molar-refractivity contribution in [1.29, 1.82) is 0 Å². The largest absolute Gasteiger partial charge is 0.444 e. The molecule has 0 aliphatic rings. The van der Waals surface area contributed by atoms with Crippen LogP contribution in [0.25, 0.3) is 0 Å². The van der Waals surface area contributed by atoms with E-state index in [2.05, 4.69) is 0 Å². The second-order valence-corrected chi connectivity index (χ2v) is 5.41. The van der Waals surface area contributed by atoms with E-state index in [4.69, 9.17) is 4.74 Å². The Morgan fingerprint density at radius 1 is 1.43 bits per heavy atom. The van der Waals surface area contributed by atoms with Crippen molar-refractivity contribution in [2.45, 2.75) is 45.8 Å². The van der Waals surface area contributed by atoms with Crippen molar-refractivity contribution in [3.63, 3.8) is 0 Å². The van der Waals surface area contributed by atoms with Gasteiger partial charge in [0.05, 0.1) is 0 Å². The summed E-state index contributed by atoms with van der Waals surface area (Å²) in [6.45, 7) is 9.23. The molecule has 0 atom stereocenters. The number of rotatable bonds is 4. The third-order valence-electron chi connectivity index (χ3n) is 1.82. The molecule has 4 heteroatoms. The van der Waals surface area contributed by atoms with Crippen LogP contribution in [0.4, 0.5) is 4.79 Å². The van der Waals surface area contributed by atoms with Crippen LogP contribution < -0.4 is 0 Å². The van der Waals surface area contributed by atoms with Crippen LogP contribution in [0.15, 0.2) is 0 Å². The van der Waals surface area contributed by atoms with Crippen LogP contribution >= 0.6 is 0 Å². The molecule has 0 spiro atoms. The van der Waals surface area contributed by atoms with E-state index in [1.54, 1.807) is 4.90 Å². The SMILES string of the molecule is CCN(CCC[SiH3])C(=O)OC(C)(C)C. The fourth-order valence-electron chi connectivity index (χ4n) is 1.05. The van der Waals surface area contributed by atoms with Gasteiger partial charge >= 0.3 is 6.09 Å². The summed E-state index contributed by atoms with van der Waals surface area (Å²) in [5.74, 6) is 0. The van der Waals surface area contributed by atoms with Crippen molar-refractivity contribution in [2.24, 2.45) is 0 Å². The van der Waals surface area contributed by atoms with Gasteiger partial charge < -0.3 is 9.64 Å². The first-order valence-electron chi connectivity index (χ1n) is 5.38. The molecule has 14 heavy (non-hydrogen) atoms. The van der Waals surface area contributed by atoms with E-state index >= 15 is 0 Å². The van der Waals surface area contributed by atoms with Crippen LogP contribution in [0.5, 0.6) is 0 Å². The van der Waals surface area contributed by atoms with Crippen molar-refractivity contribution in [1.82, 2.24) is 4.90 Å². The van der Waals surface area contributed by atoms with Gasteiger partial charge in [-0.1, -0.05) is 6.04 Å². The van der Waals surface area contributed by atoms with Gasteiger partial charge in [-0.25, -0.2) is 4.79 Å². The molecule has 0 bridgehead atoms. The summed E-state index contributed by atoms with van der Waals surface area (Å²) in [5, 5.41) is 0. The predicted molar refractivity (Wildman–Crippen MR) is 62.8 cm³/mol. The highest BCUT2D eigenvalue weighted by atomic mass is 28.1. The minimum Gasteiger partial charge on any atom is -0.444 e. The molecule has 0 N–H and O–H groups in total. The first kappa shape index (κ1) is 13.5. The van der Waals surface area contributed by atoms with E-state index in [9.17, 15) is 4.79 Å². The van der Waals surface area contributed by atoms with E-state index in [0.29, 0.717) is 0 Å². The van der Waals surface area contributed by atoms with Gasteiger partial charge in [-0.2, -0.15) is 0 Å². The molecule has 0 aromatic carbocycles. The predicted octanol–water partition coefficient (Wildman–Crippen LogP) is 1.42. The lowest BCUT2D eigenvalue weighted by Gasteiger charge is -2.26. The Kier molecular flexibility index (Phi) is 5.84. The fraction of sp³-hybridized carbons (Fsp3) is 0.900. The van der Waals surface area contributed by atoms with E-state index in [1.165, 1.54) is 16.3 Å². The fourth-order valence-corrected chi connectivity index (χ4v) is 1.37. The van der Waals surface area contributed by atoms with Crippen molar-refractivity contribution < 1.29 is 9.53 Å². The van der Waals surface area contributed by atoms with E-state index in [-0.39, 0.29) is 11.7 Å². The highest BCUT2D eigenvalue weighted by molar-refractivity contribution is 6.08. The number of carbonyl (C=O) groups is 1. The second kappa shape index (κ2) is 6.06. The molecule has 0 aliphatic heterocycles. The lowest BCUT2D eigenvalue weighted by atomic mass is 10.2. The zero-order chi connectivity index (χ0) is 11.2. The Hall–Kier alpha value is -0.513. The number of hydrogen-bond acceptors (Lipinski definition) is 2. The summed E-state index contributed by atoms with van der Waals surface area (Å²) in [6.07, 6.45) is 0.911. The third kappa shape index (κ3) is 6.02. The van der Waals surface area contributed by atoms with E-state index in [0.717, 1.165) is 19.5 Å². The molecular formula is C10H23NO2Si. The first-order valence-corrected chi connectivity index (χ1v) is 6.80. The Labute approximate surface area is 90.2 Å². The van der Waals surface area contributed by atoms with Gasteiger partial charge in [-0.15, -0.1) is 0 Å². The molecule has 0 unspecified atom stereocenters. The Morgan fingerprint density at radius 2 is 2.00 bits per heavy atom. The molecule has 0 aromatic rings. The Morgan fingerprint density at radius 3 is 2.36 bits per heavy atom. The minimum atomic E-state index is -0.383. The van der Waals surface area contributed by atoms with Gasteiger partial charge in [0.1, 0.15) is 5.60 Å². The zero-order valence-corrected chi connectivity index (χ0v) is 12.1. The molecule has 0 rings (SSSR count). The summed E-state index contributed by atoms with van der Waals surface area (Å²) < 4.78 is 5.29. The maximum atomic E-state index is 11.6. The number of hydrogen-bond donors (Lipinski definition) is 0. The standard InChI is InChI=1S/C10H23NO2Si/c1-5-11(7-6-8-14)9(12)13-10(2,3)4/h5-8H2,1-4,14H3. The lowest BCUT2D eigenvalue weighted by molar-refractivity contribution is 0.0260. The number of nitrogens with zero attached hydrogens (tertiary/aromatic N) is 1. The van der Waals surface area contributed by atoms with Gasteiger partial charge in [0, 0.05) is 23.3 Å². The number of ether oxygens (including phenoxy) is 1. The van der Waals surface area contributed by atoms with E-state index < -0.39 is 0 Å². The van der Waals surface area contributed by atoms with Gasteiger partial charge in [-0.3, -0.25) is 0 Å². The van der Waals surface area contributed by atoms with Crippen LogP contribution in [0, 0.1) is 0 Å². The maximum Gasteiger partial charge on any atom is 0.410 e. The number of carbonyl (C=O) groups excluding carboxylic acids is 1. The monoisotopic (exact) mass is 217 g/mol. The van der Waals surface area contributed by atoms with Gasteiger partial charge in [0.25, 0.3) is 0 Å². The topological polar surface area (TPSA) is 29.5 Å². The molecule has 0 aliphatic carbocycles. The summed E-state index contributed by atoms with van der Waals surface area (Å²) in [6, 6.07) is 1.24. The van der Waals surface area contributed by atoms with Gasteiger partial charge in [0.2, 0.25) is 0 Å². The summed E-state index contributed by atoms with van der Waals surface area (Å²) in [7, 11) is 1.21. The quantitative estimate of drug-likeness (QED) is 0.667. The molecule has 0 saturated carbocycles. The Balaban J connectivity index is 4.04. The third-order valence-corrected chi connectivity index (χ3v) is 2.52. The Bertz CT molecular complexity index is 177. The summed E-state index contributed by atoms with van der Waals surface area (Å²) in [4.78, 5) is 13.4. The summed E-state index contributed by atoms with van der Waals surface area (Å²) >= 11 is 0. The second-order valence-electron chi connectivity index (χ2n) is 4.41. The van der Waals surface area contributed by atoms with Crippen molar-refractivity contribution in [2.75, 3.05) is 13.1 Å². The maximum absolute atomic E-state index is 11.6. The molecule has 84 valence electrons. The average molecular weight is 217 g/mol. The van der Waals surface area contributed by atoms with Crippen molar-refractivity contribution in [3.8, 4) is 0 Å². The molecule has 0 saturated heterocycles. The zero-order valence-electron chi connectivity index (χ0n) is 10.1. The first-order chi connectivity index (χ1) is 6.40. The smallest absolute Gasteiger partial charge is 0.410 e. The molecule has 0 fully saturated rings. The van der Waals surface area contributed by atoms with Crippen LogP contribution in [0.2, 0.25) is 6.04 Å². The minimum absolute atomic E-state index is 0.185. The molecule has 0 heterocycles. The molecule has 3 nitrogen and oxygen atoms in total. The normalized spacial score (nSPS) is 11.4.